The minimum Gasteiger partial charge on any atom is -0.334 e. The Morgan fingerprint density at radius 3 is 2.45 bits per heavy atom. The van der Waals surface area contributed by atoms with E-state index in [4.69, 9.17) is 4.52 Å². The summed E-state index contributed by atoms with van der Waals surface area (Å²) >= 11 is 0. The molecule has 31 heavy (non-hydrogen) atoms. The average molecular weight is 421 g/mol. The molecule has 0 bridgehead atoms. The topological polar surface area (TPSA) is 51.0 Å². The standard InChI is InChI=1S/C24H18F3N3O/c25-24(26,27)21-13-17(8-9-20(21)15-4-2-1-3-5-15)22-29-23(31-30-22)18-6-7-19-14-28-11-10-16(19)12-18/h1-9,12-13,28H,10-11,14H2. The van der Waals surface area contributed by atoms with E-state index in [0.29, 0.717) is 5.56 Å². The van der Waals surface area contributed by atoms with Crippen molar-refractivity contribution in [2.75, 3.05) is 6.54 Å². The van der Waals surface area contributed by atoms with Crippen molar-refractivity contribution in [1.82, 2.24) is 15.5 Å². The Kier molecular flexibility index (Phi) is 4.82. The fourth-order valence-electron chi connectivity index (χ4n) is 3.86. The van der Waals surface area contributed by atoms with Crippen LogP contribution in [0.3, 0.4) is 0 Å². The van der Waals surface area contributed by atoms with E-state index in [1.54, 1.807) is 36.4 Å². The highest BCUT2D eigenvalue weighted by molar-refractivity contribution is 5.72. The third kappa shape index (κ3) is 3.84. The number of aromatic nitrogens is 2. The van der Waals surface area contributed by atoms with E-state index in [9.17, 15) is 13.2 Å². The highest BCUT2D eigenvalue weighted by Crippen LogP contribution is 2.39. The van der Waals surface area contributed by atoms with E-state index in [1.807, 2.05) is 18.2 Å². The zero-order chi connectivity index (χ0) is 21.4. The molecule has 1 aliphatic rings. The van der Waals surface area contributed by atoms with Gasteiger partial charge in [0.05, 0.1) is 5.56 Å². The summed E-state index contributed by atoms with van der Waals surface area (Å²) in [4.78, 5) is 4.36. The van der Waals surface area contributed by atoms with Gasteiger partial charge >= 0.3 is 6.18 Å². The number of hydrogen-bond donors (Lipinski definition) is 1. The highest BCUT2D eigenvalue weighted by Gasteiger charge is 2.34. The number of nitrogens with zero attached hydrogens (tertiary/aromatic N) is 2. The predicted octanol–water partition coefficient (Wildman–Crippen LogP) is 5.74. The van der Waals surface area contributed by atoms with E-state index in [-0.39, 0.29) is 22.8 Å². The van der Waals surface area contributed by atoms with Crippen LogP contribution >= 0.6 is 0 Å². The Balaban J connectivity index is 1.52. The monoisotopic (exact) mass is 421 g/mol. The lowest BCUT2D eigenvalue weighted by molar-refractivity contribution is -0.137. The van der Waals surface area contributed by atoms with Crippen LogP contribution < -0.4 is 5.32 Å². The molecule has 5 rings (SSSR count). The number of alkyl halides is 3. The van der Waals surface area contributed by atoms with Crippen molar-refractivity contribution in [3.8, 4) is 34.0 Å². The zero-order valence-electron chi connectivity index (χ0n) is 16.4. The Bertz CT molecular complexity index is 1230. The quantitative estimate of drug-likeness (QED) is 0.459. The van der Waals surface area contributed by atoms with Gasteiger partial charge in [0.25, 0.3) is 5.89 Å². The predicted molar refractivity (Wildman–Crippen MR) is 111 cm³/mol. The molecule has 0 spiro atoms. The molecular formula is C24H18F3N3O. The van der Waals surface area contributed by atoms with Crippen molar-refractivity contribution < 1.29 is 17.7 Å². The highest BCUT2D eigenvalue weighted by atomic mass is 19.4. The summed E-state index contributed by atoms with van der Waals surface area (Å²) in [5.74, 6) is 0.413. The Morgan fingerprint density at radius 1 is 0.839 bits per heavy atom. The van der Waals surface area contributed by atoms with Crippen molar-refractivity contribution in [3.05, 3.63) is 83.4 Å². The summed E-state index contributed by atoms with van der Waals surface area (Å²) in [5, 5.41) is 7.25. The fourth-order valence-corrected chi connectivity index (χ4v) is 3.86. The second-order valence-electron chi connectivity index (χ2n) is 7.46. The summed E-state index contributed by atoms with van der Waals surface area (Å²) in [6.07, 6.45) is -3.61. The molecule has 2 heterocycles. The van der Waals surface area contributed by atoms with E-state index in [2.05, 4.69) is 15.5 Å². The summed E-state index contributed by atoms with van der Waals surface area (Å²) in [6.45, 7) is 1.72. The molecule has 0 saturated heterocycles. The van der Waals surface area contributed by atoms with Gasteiger partial charge in [0.1, 0.15) is 0 Å². The third-order valence-corrected chi connectivity index (χ3v) is 5.43. The molecule has 0 amide bonds. The molecule has 4 nitrogen and oxygen atoms in total. The van der Waals surface area contributed by atoms with Gasteiger partial charge in [-0.25, -0.2) is 0 Å². The first kappa shape index (κ1) is 19.5. The van der Waals surface area contributed by atoms with Crippen molar-refractivity contribution in [3.63, 3.8) is 0 Å². The van der Waals surface area contributed by atoms with Crippen molar-refractivity contribution in [1.29, 1.82) is 0 Å². The second kappa shape index (κ2) is 7.67. The zero-order valence-corrected chi connectivity index (χ0v) is 16.4. The Hall–Kier alpha value is -3.45. The maximum atomic E-state index is 13.8. The van der Waals surface area contributed by atoms with Gasteiger partial charge in [-0.15, -0.1) is 0 Å². The molecule has 1 aliphatic heterocycles. The van der Waals surface area contributed by atoms with Crippen molar-refractivity contribution in [2.24, 2.45) is 0 Å². The van der Waals surface area contributed by atoms with Gasteiger partial charge in [-0.3, -0.25) is 0 Å². The Morgan fingerprint density at radius 2 is 1.65 bits per heavy atom. The number of rotatable bonds is 3. The van der Waals surface area contributed by atoms with Crippen LogP contribution in [0.25, 0.3) is 34.0 Å². The van der Waals surface area contributed by atoms with E-state index in [1.165, 1.54) is 17.2 Å². The van der Waals surface area contributed by atoms with Gasteiger partial charge in [-0.1, -0.05) is 53.7 Å². The molecular weight excluding hydrogens is 403 g/mol. The third-order valence-electron chi connectivity index (χ3n) is 5.43. The molecule has 1 aromatic heterocycles. The maximum absolute atomic E-state index is 13.8. The van der Waals surface area contributed by atoms with Crippen LogP contribution in [-0.4, -0.2) is 16.7 Å². The number of benzene rings is 3. The van der Waals surface area contributed by atoms with Crippen LogP contribution in [0.1, 0.15) is 16.7 Å². The molecule has 156 valence electrons. The molecule has 0 aliphatic carbocycles. The summed E-state index contributed by atoms with van der Waals surface area (Å²) in [6, 6.07) is 18.5. The van der Waals surface area contributed by atoms with Crippen LogP contribution in [-0.2, 0) is 19.1 Å². The smallest absolute Gasteiger partial charge is 0.334 e. The molecule has 3 aromatic carbocycles. The van der Waals surface area contributed by atoms with Gasteiger partial charge in [-0.2, -0.15) is 18.2 Å². The largest absolute Gasteiger partial charge is 0.417 e. The number of nitrogens with one attached hydrogen (secondary N) is 1. The molecule has 4 aromatic rings. The summed E-state index contributed by atoms with van der Waals surface area (Å²) < 4.78 is 46.8. The lowest BCUT2D eigenvalue weighted by Crippen LogP contribution is -2.23. The maximum Gasteiger partial charge on any atom is 0.417 e. The molecule has 0 saturated carbocycles. The molecule has 0 unspecified atom stereocenters. The van der Waals surface area contributed by atoms with E-state index < -0.39 is 11.7 Å². The lowest BCUT2D eigenvalue weighted by atomic mass is 9.97. The molecule has 0 atom stereocenters. The lowest BCUT2D eigenvalue weighted by Gasteiger charge is -2.17. The average Bonchev–Trinajstić information content (AvgIpc) is 3.29. The molecule has 7 heteroatoms. The van der Waals surface area contributed by atoms with Gasteiger partial charge in [0.15, 0.2) is 0 Å². The normalized spacial score (nSPS) is 13.8. The van der Waals surface area contributed by atoms with Crippen LogP contribution in [0.2, 0.25) is 0 Å². The fraction of sp³-hybridized carbons (Fsp3) is 0.167. The first-order valence-corrected chi connectivity index (χ1v) is 9.93. The molecule has 0 fully saturated rings. The van der Waals surface area contributed by atoms with Crippen LogP contribution in [0.15, 0.2) is 71.3 Å². The van der Waals surface area contributed by atoms with Crippen LogP contribution in [0.4, 0.5) is 13.2 Å². The summed E-state index contributed by atoms with van der Waals surface area (Å²) in [7, 11) is 0. The summed E-state index contributed by atoms with van der Waals surface area (Å²) in [5.41, 5.74) is 3.33. The minimum absolute atomic E-state index is 0.115. The molecule has 1 N–H and O–H groups in total. The first-order valence-electron chi connectivity index (χ1n) is 9.93. The SMILES string of the molecule is FC(F)(F)c1cc(-c2noc(-c3ccc4c(c3)CCNC4)n2)ccc1-c1ccccc1. The van der Waals surface area contributed by atoms with Crippen molar-refractivity contribution in [2.45, 2.75) is 19.1 Å². The van der Waals surface area contributed by atoms with E-state index >= 15 is 0 Å². The number of fused-ring (bicyclic) bond motifs is 1. The van der Waals surface area contributed by atoms with E-state index in [0.717, 1.165) is 31.1 Å². The minimum atomic E-state index is -4.51. The number of halogens is 3. The van der Waals surface area contributed by atoms with Gasteiger partial charge in [-0.05, 0) is 53.4 Å². The Labute approximate surface area is 176 Å². The van der Waals surface area contributed by atoms with Crippen molar-refractivity contribution >= 4 is 0 Å². The molecule has 0 radical (unpaired) electrons. The van der Waals surface area contributed by atoms with Crippen LogP contribution in [0.5, 0.6) is 0 Å². The van der Waals surface area contributed by atoms with Crippen LogP contribution in [0, 0.1) is 0 Å². The van der Waals surface area contributed by atoms with Gasteiger partial charge < -0.3 is 9.84 Å². The van der Waals surface area contributed by atoms with Gasteiger partial charge in [0.2, 0.25) is 5.82 Å². The number of hydrogen-bond acceptors (Lipinski definition) is 4. The first-order chi connectivity index (χ1) is 15.0. The van der Waals surface area contributed by atoms with Gasteiger partial charge in [0, 0.05) is 17.7 Å². The second-order valence-corrected chi connectivity index (χ2v) is 7.46.